The molecule has 0 saturated carbocycles. The normalized spacial score (nSPS) is 26.7. The fourth-order valence-electron chi connectivity index (χ4n) is 2.28. The molecule has 0 radical (unpaired) electrons. The fourth-order valence-corrected chi connectivity index (χ4v) is 2.28. The monoisotopic (exact) mass is 260 g/mol. The largest absolute Gasteiger partial charge is 0.322 e. The van der Waals surface area contributed by atoms with Crippen LogP contribution in [-0.4, -0.2) is 35.2 Å². The second-order valence-electron chi connectivity index (χ2n) is 4.61. The number of rotatable bonds is 2. The third-order valence-corrected chi connectivity index (χ3v) is 3.28. The van der Waals surface area contributed by atoms with Crippen molar-refractivity contribution in [2.75, 3.05) is 6.54 Å². The lowest BCUT2D eigenvalue weighted by molar-refractivity contribution is -0.142. The number of hydrogen-bond donors (Lipinski definition) is 1. The van der Waals surface area contributed by atoms with E-state index in [1.165, 1.54) is 4.90 Å². The number of nitrogens with zero attached hydrogens (tertiary/aromatic N) is 1. The van der Waals surface area contributed by atoms with Crippen molar-refractivity contribution < 1.29 is 14.4 Å². The molecule has 0 aromatic rings. The van der Waals surface area contributed by atoms with Gasteiger partial charge >= 0.3 is 0 Å². The minimum atomic E-state index is -0.571. The number of carbonyl (C=O) groups is 3. The maximum atomic E-state index is 12.2. The average molecular weight is 260 g/mol. The molecule has 1 atom stereocenters. The van der Waals surface area contributed by atoms with E-state index in [-0.39, 0.29) is 18.2 Å². The number of amides is 3. The van der Waals surface area contributed by atoms with Crippen molar-refractivity contribution in [3.05, 3.63) is 36.0 Å². The van der Waals surface area contributed by atoms with Crippen LogP contribution in [0, 0.1) is 0 Å². The standard InChI is InChI=1S/C14H16N2O3/c1-3-4-5-10-9(2)8-16(14(10)19)11-6-7-12(17)15-13(11)18/h3-5,11H,2,6-8H2,1H3,(H,15,17,18)/b4-3-,10-5+. The van der Waals surface area contributed by atoms with E-state index in [1.807, 2.05) is 13.0 Å². The average Bonchev–Trinajstić information content (AvgIpc) is 2.63. The molecule has 2 aliphatic heterocycles. The molecule has 0 spiro atoms. The Morgan fingerprint density at radius 2 is 2.11 bits per heavy atom. The van der Waals surface area contributed by atoms with Crippen LogP contribution in [0.2, 0.25) is 0 Å². The van der Waals surface area contributed by atoms with E-state index < -0.39 is 11.9 Å². The smallest absolute Gasteiger partial charge is 0.255 e. The van der Waals surface area contributed by atoms with E-state index >= 15 is 0 Å². The Balaban J connectivity index is 2.19. The van der Waals surface area contributed by atoms with Gasteiger partial charge in [0.1, 0.15) is 6.04 Å². The van der Waals surface area contributed by atoms with Crippen LogP contribution in [0.1, 0.15) is 19.8 Å². The van der Waals surface area contributed by atoms with Crippen LogP contribution in [0.25, 0.3) is 0 Å². The molecule has 5 nitrogen and oxygen atoms in total. The molecular formula is C14H16N2O3. The highest BCUT2D eigenvalue weighted by Crippen LogP contribution is 2.26. The van der Waals surface area contributed by atoms with Gasteiger partial charge in [-0.1, -0.05) is 18.7 Å². The lowest BCUT2D eigenvalue weighted by Gasteiger charge is -2.28. The molecule has 5 heteroatoms. The molecule has 0 aromatic heterocycles. The quantitative estimate of drug-likeness (QED) is 0.587. The summed E-state index contributed by atoms with van der Waals surface area (Å²) in [6, 6.07) is -0.571. The van der Waals surface area contributed by atoms with Gasteiger partial charge in [0.15, 0.2) is 0 Å². The lowest BCUT2D eigenvalue weighted by Crippen LogP contribution is -2.52. The van der Waals surface area contributed by atoms with Gasteiger partial charge in [-0.25, -0.2) is 0 Å². The third kappa shape index (κ3) is 2.50. The predicted molar refractivity (Wildman–Crippen MR) is 69.9 cm³/mol. The molecule has 0 bridgehead atoms. The molecule has 0 aromatic carbocycles. The molecule has 1 N–H and O–H groups in total. The Morgan fingerprint density at radius 1 is 1.37 bits per heavy atom. The first-order valence-corrected chi connectivity index (χ1v) is 6.20. The second-order valence-corrected chi connectivity index (χ2v) is 4.61. The molecule has 0 aliphatic carbocycles. The van der Waals surface area contributed by atoms with E-state index in [1.54, 1.807) is 12.2 Å². The molecule has 100 valence electrons. The Bertz CT molecular complexity index is 517. The molecule has 2 fully saturated rings. The molecule has 3 amide bonds. The first-order valence-electron chi connectivity index (χ1n) is 6.20. The van der Waals surface area contributed by atoms with Crippen molar-refractivity contribution in [3.8, 4) is 0 Å². The zero-order valence-corrected chi connectivity index (χ0v) is 10.8. The number of carbonyl (C=O) groups excluding carboxylic acids is 3. The van der Waals surface area contributed by atoms with Crippen LogP contribution < -0.4 is 5.32 Å². The van der Waals surface area contributed by atoms with Crippen molar-refractivity contribution in [1.82, 2.24) is 10.2 Å². The van der Waals surface area contributed by atoms with Gasteiger partial charge in [-0.05, 0) is 25.0 Å². The van der Waals surface area contributed by atoms with Gasteiger partial charge in [-0.15, -0.1) is 0 Å². The van der Waals surface area contributed by atoms with Crippen molar-refractivity contribution in [1.29, 1.82) is 0 Å². The summed E-state index contributed by atoms with van der Waals surface area (Å²) < 4.78 is 0. The SMILES string of the molecule is C=C1CN(C2CCC(=O)NC2=O)C(=O)/C1=C/C=C\C. The minimum absolute atomic E-state index is 0.197. The van der Waals surface area contributed by atoms with Gasteiger partial charge in [0.2, 0.25) is 11.8 Å². The van der Waals surface area contributed by atoms with E-state index in [4.69, 9.17) is 0 Å². The zero-order chi connectivity index (χ0) is 14.0. The summed E-state index contributed by atoms with van der Waals surface area (Å²) in [7, 11) is 0. The summed E-state index contributed by atoms with van der Waals surface area (Å²) in [5.41, 5.74) is 1.23. The topological polar surface area (TPSA) is 66.5 Å². The van der Waals surface area contributed by atoms with Crippen molar-refractivity contribution >= 4 is 17.7 Å². The number of piperidine rings is 1. The summed E-state index contributed by atoms with van der Waals surface area (Å²) in [5, 5.41) is 2.26. The lowest BCUT2D eigenvalue weighted by atomic mass is 10.0. The molecule has 2 rings (SSSR count). The molecule has 2 saturated heterocycles. The minimum Gasteiger partial charge on any atom is -0.322 e. The Labute approximate surface area is 111 Å². The second kappa shape index (κ2) is 5.22. The zero-order valence-electron chi connectivity index (χ0n) is 10.8. The fraction of sp³-hybridized carbons (Fsp3) is 0.357. The maximum Gasteiger partial charge on any atom is 0.255 e. The van der Waals surface area contributed by atoms with Gasteiger partial charge in [0.25, 0.3) is 5.91 Å². The van der Waals surface area contributed by atoms with Crippen molar-refractivity contribution in [3.63, 3.8) is 0 Å². The highest BCUT2D eigenvalue weighted by Gasteiger charge is 2.39. The van der Waals surface area contributed by atoms with Gasteiger partial charge in [0, 0.05) is 18.5 Å². The Hall–Kier alpha value is -2.17. The van der Waals surface area contributed by atoms with Crippen molar-refractivity contribution in [2.24, 2.45) is 0 Å². The van der Waals surface area contributed by atoms with E-state index in [0.29, 0.717) is 24.1 Å². The van der Waals surface area contributed by atoms with Gasteiger partial charge < -0.3 is 4.90 Å². The van der Waals surface area contributed by atoms with Crippen molar-refractivity contribution in [2.45, 2.75) is 25.8 Å². The van der Waals surface area contributed by atoms with Crippen LogP contribution in [0.4, 0.5) is 0 Å². The number of likely N-dealkylation sites (tertiary alicyclic amines) is 1. The summed E-state index contributed by atoms with van der Waals surface area (Å²) in [4.78, 5) is 36.6. The highest BCUT2D eigenvalue weighted by atomic mass is 16.2. The number of hydrogen-bond acceptors (Lipinski definition) is 3. The van der Waals surface area contributed by atoms with E-state index in [0.717, 1.165) is 0 Å². The number of nitrogens with one attached hydrogen (secondary N) is 1. The first kappa shape index (κ1) is 13.3. The number of allylic oxidation sites excluding steroid dienone is 3. The van der Waals surface area contributed by atoms with Gasteiger partial charge in [-0.2, -0.15) is 0 Å². The highest BCUT2D eigenvalue weighted by molar-refractivity contribution is 6.06. The summed E-state index contributed by atoms with van der Waals surface area (Å²) in [6.45, 7) is 6.06. The molecule has 19 heavy (non-hydrogen) atoms. The van der Waals surface area contributed by atoms with Crippen LogP contribution in [0.3, 0.4) is 0 Å². The Kier molecular flexibility index (Phi) is 3.64. The van der Waals surface area contributed by atoms with E-state index in [9.17, 15) is 14.4 Å². The van der Waals surface area contributed by atoms with E-state index in [2.05, 4.69) is 11.9 Å². The molecular weight excluding hydrogens is 244 g/mol. The van der Waals surface area contributed by atoms with Gasteiger partial charge in [0.05, 0.1) is 0 Å². The summed E-state index contributed by atoms with van der Waals surface area (Å²) >= 11 is 0. The molecule has 2 aliphatic rings. The first-order chi connectivity index (χ1) is 9.04. The predicted octanol–water partition coefficient (Wildman–Crippen LogP) is 0.692. The Morgan fingerprint density at radius 3 is 2.74 bits per heavy atom. The number of imide groups is 1. The van der Waals surface area contributed by atoms with Crippen LogP contribution >= 0.6 is 0 Å². The van der Waals surface area contributed by atoms with Crippen LogP contribution in [0.15, 0.2) is 36.0 Å². The molecule has 1 unspecified atom stereocenters. The van der Waals surface area contributed by atoms with Gasteiger partial charge in [-0.3, -0.25) is 19.7 Å². The summed E-state index contributed by atoms with van der Waals surface area (Å²) in [5.74, 6) is -0.876. The van der Waals surface area contributed by atoms with Crippen LogP contribution in [0.5, 0.6) is 0 Å². The summed E-state index contributed by atoms with van der Waals surface area (Å²) in [6.07, 6.45) is 5.94. The third-order valence-electron chi connectivity index (χ3n) is 3.28. The van der Waals surface area contributed by atoms with Crippen LogP contribution in [-0.2, 0) is 14.4 Å². The molecule has 2 heterocycles. The maximum absolute atomic E-state index is 12.2.